The van der Waals surface area contributed by atoms with Crippen LogP contribution in [-0.4, -0.2) is 34.2 Å². The number of thiazole rings is 1. The summed E-state index contributed by atoms with van der Waals surface area (Å²) in [5.74, 6) is -1.00. The van der Waals surface area contributed by atoms with Gasteiger partial charge in [0.25, 0.3) is 11.8 Å². The average Bonchev–Trinajstić information content (AvgIpc) is 3.27. The lowest BCUT2D eigenvalue weighted by molar-refractivity contribution is -0.116. The second kappa shape index (κ2) is 7.84. The van der Waals surface area contributed by atoms with Crippen molar-refractivity contribution in [1.82, 2.24) is 9.88 Å². The second-order valence-corrected chi connectivity index (χ2v) is 8.25. The van der Waals surface area contributed by atoms with Crippen LogP contribution < -0.4 is 5.32 Å². The first-order chi connectivity index (χ1) is 14.3. The van der Waals surface area contributed by atoms with E-state index in [-0.39, 0.29) is 30.7 Å². The molecule has 0 saturated carbocycles. The second-order valence-electron chi connectivity index (χ2n) is 7.39. The van der Waals surface area contributed by atoms with Crippen LogP contribution in [0.3, 0.4) is 0 Å². The monoisotopic (exact) mass is 419 g/mol. The van der Waals surface area contributed by atoms with Crippen molar-refractivity contribution in [3.05, 3.63) is 69.6 Å². The summed E-state index contributed by atoms with van der Waals surface area (Å²) in [5, 5.41) is 5.18. The highest BCUT2D eigenvalue weighted by molar-refractivity contribution is 7.14. The highest BCUT2D eigenvalue weighted by Crippen LogP contribution is 2.29. The van der Waals surface area contributed by atoms with Gasteiger partial charge in [-0.25, -0.2) is 4.98 Å². The molecule has 1 aliphatic heterocycles. The number of carbonyl (C=O) groups excluding carboxylic acids is 3. The quantitative estimate of drug-likeness (QED) is 0.623. The molecule has 0 saturated heterocycles. The first-order valence-corrected chi connectivity index (χ1v) is 10.5. The van der Waals surface area contributed by atoms with E-state index < -0.39 is 0 Å². The van der Waals surface area contributed by atoms with Gasteiger partial charge in [0.2, 0.25) is 5.91 Å². The van der Waals surface area contributed by atoms with Crippen molar-refractivity contribution < 1.29 is 14.4 Å². The maximum Gasteiger partial charge on any atom is 0.261 e. The van der Waals surface area contributed by atoms with Gasteiger partial charge in [-0.15, -0.1) is 11.3 Å². The van der Waals surface area contributed by atoms with Crippen LogP contribution in [0.2, 0.25) is 0 Å². The van der Waals surface area contributed by atoms with Gasteiger partial charge >= 0.3 is 0 Å². The van der Waals surface area contributed by atoms with Crippen molar-refractivity contribution in [3.8, 4) is 11.3 Å². The zero-order valence-electron chi connectivity index (χ0n) is 17.0. The number of aryl methyl sites for hydroxylation is 3. The number of imide groups is 1. The fourth-order valence-electron chi connectivity index (χ4n) is 3.53. The highest BCUT2D eigenvalue weighted by Gasteiger charge is 2.34. The summed E-state index contributed by atoms with van der Waals surface area (Å²) in [6, 6.07) is 10.9. The average molecular weight is 420 g/mol. The minimum atomic E-state index is -0.356. The van der Waals surface area contributed by atoms with Crippen LogP contribution in [-0.2, 0) is 4.79 Å². The van der Waals surface area contributed by atoms with Gasteiger partial charge in [-0.3, -0.25) is 19.3 Å². The van der Waals surface area contributed by atoms with Crippen molar-refractivity contribution >= 4 is 34.2 Å². The van der Waals surface area contributed by atoms with E-state index in [1.807, 2.05) is 12.3 Å². The van der Waals surface area contributed by atoms with E-state index in [1.165, 1.54) is 22.5 Å². The van der Waals surface area contributed by atoms with Gasteiger partial charge in [0, 0.05) is 23.9 Å². The number of hydrogen-bond donors (Lipinski definition) is 1. The van der Waals surface area contributed by atoms with Crippen LogP contribution in [0.1, 0.15) is 43.8 Å². The molecule has 0 aliphatic carbocycles. The van der Waals surface area contributed by atoms with E-state index in [0.717, 1.165) is 21.7 Å². The van der Waals surface area contributed by atoms with Gasteiger partial charge in [0.15, 0.2) is 5.13 Å². The lowest BCUT2D eigenvalue weighted by Crippen LogP contribution is -2.32. The lowest BCUT2D eigenvalue weighted by atomic mass is 9.99. The summed E-state index contributed by atoms with van der Waals surface area (Å²) in [4.78, 5) is 42.8. The number of anilines is 1. The molecule has 1 aliphatic rings. The molecule has 1 N–H and O–H groups in total. The number of benzene rings is 2. The maximum atomic E-state index is 12.4. The Kier molecular flexibility index (Phi) is 5.22. The van der Waals surface area contributed by atoms with Gasteiger partial charge in [-0.1, -0.05) is 18.2 Å². The van der Waals surface area contributed by atoms with Crippen LogP contribution in [0.4, 0.5) is 5.13 Å². The predicted octanol–water partition coefficient (Wildman–Crippen LogP) is 4.36. The van der Waals surface area contributed by atoms with Crippen molar-refractivity contribution in [1.29, 1.82) is 0 Å². The molecule has 152 valence electrons. The Morgan fingerprint density at radius 2 is 1.60 bits per heavy atom. The number of carbonyl (C=O) groups is 3. The molecule has 1 aromatic heterocycles. The molecule has 2 heterocycles. The Bertz CT molecular complexity index is 1150. The summed E-state index contributed by atoms with van der Waals surface area (Å²) >= 11 is 1.35. The van der Waals surface area contributed by atoms with Crippen LogP contribution in [0.5, 0.6) is 0 Å². The third-order valence-corrected chi connectivity index (χ3v) is 6.07. The molecule has 4 rings (SSSR count). The summed E-state index contributed by atoms with van der Waals surface area (Å²) < 4.78 is 0. The molecular weight excluding hydrogens is 398 g/mol. The Balaban J connectivity index is 1.40. The molecule has 0 atom stereocenters. The van der Waals surface area contributed by atoms with Crippen LogP contribution in [0.15, 0.2) is 41.8 Å². The maximum absolute atomic E-state index is 12.4. The van der Waals surface area contributed by atoms with Crippen molar-refractivity contribution in [2.75, 3.05) is 11.9 Å². The van der Waals surface area contributed by atoms with E-state index in [1.54, 1.807) is 24.3 Å². The topological polar surface area (TPSA) is 79.4 Å². The van der Waals surface area contributed by atoms with Crippen LogP contribution in [0.25, 0.3) is 11.3 Å². The van der Waals surface area contributed by atoms with Crippen molar-refractivity contribution in [2.45, 2.75) is 27.2 Å². The number of fused-ring (bicyclic) bond motifs is 1. The molecule has 3 amide bonds. The van der Waals surface area contributed by atoms with E-state index in [4.69, 9.17) is 0 Å². The molecule has 0 spiro atoms. The SMILES string of the molecule is Cc1cc(C)c(-c2csc(NC(=O)CCN3C(=O)c4ccccc4C3=O)n2)cc1C. The zero-order chi connectivity index (χ0) is 21.4. The largest absolute Gasteiger partial charge is 0.302 e. The van der Waals surface area contributed by atoms with Crippen molar-refractivity contribution in [2.24, 2.45) is 0 Å². The third kappa shape index (κ3) is 3.64. The number of hydrogen-bond acceptors (Lipinski definition) is 5. The van der Waals surface area contributed by atoms with E-state index >= 15 is 0 Å². The molecule has 0 radical (unpaired) electrons. The lowest BCUT2D eigenvalue weighted by Gasteiger charge is -2.13. The third-order valence-electron chi connectivity index (χ3n) is 5.31. The summed E-state index contributed by atoms with van der Waals surface area (Å²) in [6.45, 7) is 6.22. The fourth-order valence-corrected chi connectivity index (χ4v) is 4.26. The van der Waals surface area contributed by atoms with Gasteiger partial charge in [0.05, 0.1) is 16.8 Å². The Labute approximate surface area is 178 Å². The summed E-state index contributed by atoms with van der Waals surface area (Å²) in [6.07, 6.45) is 0.0169. The number of nitrogens with one attached hydrogen (secondary N) is 1. The number of aromatic nitrogens is 1. The zero-order valence-corrected chi connectivity index (χ0v) is 17.8. The predicted molar refractivity (Wildman–Crippen MR) is 117 cm³/mol. The Hall–Kier alpha value is -3.32. The molecule has 30 heavy (non-hydrogen) atoms. The van der Waals surface area contributed by atoms with E-state index in [9.17, 15) is 14.4 Å². The van der Waals surface area contributed by atoms with Gasteiger partial charge in [-0.05, 0) is 55.7 Å². The molecule has 6 nitrogen and oxygen atoms in total. The van der Waals surface area contributed by atoms with E-state index in [2.05, 4.69) is 36.3 Å². The molecular formula is C23H21N3O3S. The Morgan fingerprint density at radius 3 is 2.27 bits per heavy atom. The fraction of sp³-hybridized carbons (Fsp3) is 0.217. The van der Waals surface area contributed by atoms with Crippen LogP contribution >= 0.6 is 11.3 Å². The number of nitrogens with zero attached hydrogens (tertiary/aromatic N) is 2. The normalized spacial score (nSPS) is 13.0. The van der Waals surface area contributed by atoms with Gasteiger partial charge in [0.1, 0.15) is 0 Å². The van der Waals surface area contributed by atoms with Gasteiger partial charge < -0.3 is 5.32 Å². The first kappa shape index (κ1) is 20.0. The molecule has 0 bridgehead atoms. The van der Waals surface area contributed by atoms with Crippen molar-refractivity contribution in [3.63, 3.8) is 0 Å². The van der Waals surface area contributed by atoms with Crippen LogP contribution in [0, 0.1) is 20.8 Å². The standard InChI is InChI=1S/C23H21N3O3S/c1-13-10-15(3)18(11-14(13)2)19-12-30-23(24-19)25-20(27)8-9-26-21(28)16-6-4-5-7-17(16)22(26)29/h4-7,10-12H,8-9H2,1-3H3,(H,24,25,27). The summed E-state index contributed by atoms with van der Waals surface area (Å²) in [5.41, 5.74) is 6.18. The minimum Gasteiger partial charge on any atom is -0.302 e. The minimum absolute atomic E-state index is 0.0169. The highest BCUT2D eigenvalue weighted by atomic mass is 32.1. The molecule has 3 aromatic rings. The molecule has 2 aromatic carbocycles. The Morgan fingerprint density at radius 1 is 0.967 bits per heavy atom. The van der Waals surface area contributed by atoms with Gasteiger partial charge in [-0.2, -0.15) is 0 Å². The molecule has 0 unspecified atom stereocenters. The smallest absolute Gasteiger partial charge is 0.261 e. The first-order valence-electron chi connectivity index (χ1n) is 9.64. The summed E-state index contributed by atoms with van der Waals surface area (Å²) in [7, 11) is 0. The number of rotatable bonds is 5. The van der Waals surface area contributed by atoms with E-state index in [0.29, 0.717) is 16.3 Å². The number of amides is 3. The molecule has 0 fully saturated rings. The molecule has 7 heteroatoms.